The van der Waals surface area contributed by atoms with Crippen molar-refractivity contribution in [2.75, 3.05) is 26.7 Å². The van der Waals surface area contributed by atoms with Crippen molar-refractivity contribution in [3.63, 3.8) is 0 Å². The van der Waals surface area contributed by atoms with E-state index in [1.54, 1.807) is 7.11 Å². The van der Waals surface area contributed by atoms with E-state index in [0.29, 0.717) is 0 Å². The zero-order valence-corrected chi connectivity index (χ0v) is 14.1. The summed E-state index contributed by atoms with van der Waals surface area (Å²) in [6.07, 6.45) is 7.02. The molecule has 0 bridgehead atoms. The Morgan fingerprint density at radius 1 is 1.17 bits per heavy atom. The molecule has 1 aliphatic carbocycles. The predicted molar refractivity (Wildman–Crippen MR) is 91.5 cm³/mol. The number of amides is 1. The number of methoxy groups -OCH3 is 1. The van der Waals surface area contributed by atoms with Crippen LogP contribution in [-0.2, 0) is 4.79 Å². The van der Waals surface area contributed by atoms with Crippen LogP contribution in [0, 0.1) is 5.92 Å². The summed E-state index contributed by atoms with van der Waals surface area (Å²) in [5, 5.41) is 3.32. The second-order valence-electron chi connectivity index (χ2n) is 6.82. The number of ether oxygens (including phenoxy) is 1. The van der Waals surface area contributed by atoms with E-state index in [4.69, 9.17) is 4.74 Å². The van der Waals surface area contributed by atoms with Crippen molar-refractivity contribution < 1.29 is 9.53 Å². The van der Waals surface area contributed by atoms with Gasteiger partial charge in [-0.15, -0.1) is 0 Å². The van der Waals surface area contributed by atoms with Crippen molar-refractivity contribution in [2.45, 2.75) is 44.6 Å². The Morgan fingerprint density at radius 2 is 1.83 bits per heavy atom. The molecule has 0 aromatic heterocycles. The summed E-state index contributed by atoms with van der Waals surface area (Å²) < 4.78 is 5.25. The Labute approximate surface area is 139 Å². The molecule has 1 amide bonds. The highest BCUT2D eigenvalue weighted by atomic mass is 16.5. The third-order valence-corrected chi connectivity index (χ3v) is 5.20. The standard InChI is InChI=1S/C19H28N2O2/c1-23-17-10-8-15(9-11-17)18(14-21-12-4-5-13-21)20-19(22)16-6-2-3-7-16/h8-11,16,18H,2-7,12-14H2,1H3,(H,20,22). The first kappa shape index (κ1) is 16.3. The van der Waals surface area contributed by atoms with E-state index in [9.17, 15) is 4.79 Å². The zero-order valence-electron chi connectivity index (χ0n) is 14.1. The fraction of sp³-hybridized carbons (Fsp3) is 0.632. The van der Waals surface area contributed by atoms with E-state index in [-0.39, 0.29) is 17.9 Å². The fourth-order valence-corrected chi connectivity index (χ4v) is 3.77. The molecule has 1 saturated heterocycles. The summed E-state index contributed by atoms with van der Waals surface area (Å²) in [5.41, 5.74) is 1.17. The van der Waals surface area contributed by atoms with Gasteiger partial charge in [0.05, 0.1) is 13.2 Å². The highest BCUT2D eigenvalue weighted by Crippen LogP contribution is 2.27. The largest absolute Gasteiger partial charge is 0.497 e. The van der Waals surface area contributed by atoms with Crippen LogP contribution >= 0.6 is 0 Å². The first-order valence-corrected chi connectivity index (χ1v) is 8.93. The minimum atomic E-state index is 0.0760. The van der Waals surface area contributed by atoms with Crippen LogP contribution in [0.2, 0.25) is 0 Å². The Kier molecular flexibility index (Phi) is 5.55. The van der Waals surface area contributed by atoms with E-state index < -0.39 is 0 Å². The molecule has 1 saturated carbocycles. The molecule has 1 aromatic rings. The second kappa shape index (κ2) is 7.82. The third kappa shape index (κ3) is 4.25. The van der Waals surface area contributed by atoms with E-state index in [1.807, 2.05) is 12.1 Å². The van der Waals surface area contributed by atoms with Gasteiger partial charge in [0, 0.05) is 12.5 Å². The number of hydrogen-bond donors (Lipinski definition) is 1. The normalized spacial score (nSPS) is 20.6. The summed E-state index contributed by atoms with van der Waals surface area (Å²) in [6.45, 7) is 3.20. The molecule has 1 N–H and O–H groups in total. The van der Waals surface area contributed by atoms with Gasteiger partial charge in [0.25, 0.3) is 0 Å². The molecule has 2 fully saturated rings. The number of carbonyl (C=O) groups is 1. The quantitative estimate of drug-likeness (QED) is 0.876. The van der Waals surface area contributed by atoms with Crippen molar-refractivity contribution in [1.29, 1.82) is 0 Å². The summed E-state index contributed by atoms with van der Waals surface area (Å²) in [4.78, 5) is 15.0. The summed E-state index contributed by atoms with van der Waals surface area (Å²) >= 11 is 0. The van der Waals surface area contributed by atoms with Crippen molar-refractivity contribution in [1.82, 2.24) is 10.2 Å². The van der Waals surface area contributed by atoms with E-state index in [1.165, 1.54) is 31.2 Å². The highest BCUT2D eigenvalue weighted by Gasteiger charge is 2.26. The SMILES string of the molecule is COc1ccc(C(CN2CCCC2)NC(=O)C2CCCC2)cc1. The first-order valence-electron chi connectivity index (χ1n) is 8.93. The summed E-state index contributed by atoms with van der Waals surface area (Å²) in [5.74, 6) is 1.31. The minimum absolute atomic E-state index is 0.0760. The van der Waals surface area contributed by atoms with Crippen LogP contribution in [-0.4, -0.2) is 37.6 Å². The van der Waals surface area contributed by atoms with Gasteiger partial charge in [-0.2, -0.15) is 0 Å². The van der Waals surface area contributed by atoms with Crippen LogP contribution in [0.1, 0.15) is 50.1 Å². The monoisotopic (exact) mass is 316 g/mol. The molecule has 126 valence electrons. The second-order valence-corrected chi connectivity index (χ2v) is 6.82. The average Bonchev–Trinajstić information content (AvgIpc) is 3.28. The molecular weight excluding hydrogens is 288 g/mol. The van der Waals surface area contributed by atoms with Crippen LogP contribution in [0.4, 0.5) is 0 Å². The lowest BCUT2D eigenvalue weighted by molar-refractivity contribution is -0.125. The van der Waals surface area contributed by atoms with Gasteiger partial charge < -0.3 is 15.0 Å². The van der Waals surface area contributed by atoms with Crippen molar-refractivity contribution in [2.24, 2.45) is 5.92 Å². The van der Waals surface area contributed by atoms with E-state index in [0.717, 1.165) is 38.2 Å². The molecule has 1 atom stereocenters. The van der Waals surface area contributed by atoms with Crippen LogP contribution < -0.4 is 10.1 Å². The number of nitrogens with zero attached hydrogens (tertiary/aromatic N) is 1. The third-order valence-electron chi connectivity index (χ3n) is 5.20. The lowest BCUT2D eigenvalue weighted by Crippen LogP contribution is -2.39. The van der Waals surface area contributed by atoms with E-state index >= 15 is 0 Å². The molecule has 1 unspecified atom stereocenters. The van der Waals surface area contributed by atoms with Gasteiger partial charge in [0.2, 0.25) is 5.91 Å². The van der Waals surface area contributed by atoms with Crippen LogP contribution in [0.15, 0.2) is 24.3 Å². The van der Waals surface area contributed by atoms with Crippen LogP contribution in [0.25, 0.3) is 0 Å². The van der Waals surface area contributed by atoms with Gasteiger partial charge in [-0.05, 0) is 56.5 Å². The molecule has 0 radical (unpaired) electrons. The summed E-state index contributed by atoms with van der Waals surface area (Å²) in [7, 11) is 1.68. The molecule has 3 rings (SSSR count). The molecular formula is C19H28N2O2. The first-order chi connectivity index (χ1) is 11.3. The molecule has 4 nitrogen and oxygen atoms in total. The Balaban J connectivity index is 1.70. The average molecular weight is 316 g/mol. The Bertz CT molecular complexity index is 503. The number of hydrogen-bond acceptors (Lipinski definition) is 3. The van der Waals surface area contributed by atoms with Crippen LogP contribution in [0.5, 0.6) is 5.75 Å². The molecule has 1 aromatic carbocycles. The highest BCUT2D eigenvalue weighted by molar-refractivity contribution is 5.79. The smallest absolute Gasteiger partial charge is 0.223 e. The molecule has 23 heavy (non-hydrogen) atoms. The van der Waals surface area contributed by atoms with Gasteiger partial charge in [0.1, 0.15) is 5.75 Å². The van der Waals surface area contributed by atoms with Crippen LogP contribution in [0.3, 0.4) is 0 Å². The maximum atomic E-state index is 12.6. The van der Waals surface area contributed by atoms with Crippen molar-refractivity contribution in [3.8, 4) is 5.75 Å². The van der Waals surface area contributed by atoms with Crippen molar-refractivity contribution in [3.05, 3.63) is 29.8 Å². The topological polar surface area (TPSA) is 41.6 Å². The Morgan fingerprint density at radius 3 is 2.43 bits per heavy atom. The number of likely N-dealkylation sites (tertiary alicyclic amines) is 1. The molecule has 1 aliphatic heterocycles. The van der Waals surface area contributed by atoms with Gasteiger partial charge >= 0.3 is 0 Å². The molecule has 2 aliphatic rings. The lowest BCUT2D eigenvalue weighted by atomic mass is 10.0. The maximum Gasteiger partial charge on any atom is 0.223 e. The van der Waals surface area contributed by atoms with Crippen molar-refractivity contribution >= 4 is 5.91 Å². The molecule has 1 heterocycles. The fourth-order valence-electron chi connectivity index (χ4n) is 3.77. The van der Waals surface area contributed by atoms with Gasteiger partial charge in [-0.1, -0.05) is 25.0 Å². The predicted octanol–water partition coefficient (Wildman–Crippen LogP) is 3.14. The molecule has 4 heteroatoms. The maximum absolute atomic E-state index is 12.6. The van der Waals surface area contributed by atoms with E-state index in [2.05, 4.69) is 22.3 Å². The van der Waals surface area contributed by atoms with Gasteiger partial charge in [-0.25, -0.2) is 0 Å². The lowest BCUT2D eigenvalue weighted by Gasteiger charge is -2.26. The summed E-state index contributed by atoms with van der Waals surface area (Å²) in [6, 6.07) is 8.19. The number of benzene rings is 1. The number of rotatable bonds is 6. The zero-order chi connectivity index (χ0) is 16.1. The van der Waals surface area contributed by atoms with Gasteiger partial charge in [0.15, 0.2) is 0 Å². The molecule has 0 spiro atoms. The Hall–Kier alpha value is -1.55. The van der Waals surface area contributed by atoms with Gasteiger partial charge in [-0.3, -0.25) is 4.79 Å². The number of carbonyl (C=O) groups excluding carboxylic acids is 1. The number of nitrogens with one attached hydrogen (secondary N) is 1. The minimum Gasteiger partial charge on any atom is -0.497 e.